The van der Waals surface area contributed by atoms with E-state index in [-0.39, 0.29) is 17.4 Å². The largest absolute Gasteiger partial charge is 0.454 e. The second kappa shape index (κ2) is 8.38. The molecule has 0 aliphatic carbocycles. The Hall–Kier alpha value is -3.40. The number of fused-ring (bicyclic) bond motifs is 1. The molecule has 0 saturated heterocycles. The van der Waals surface area contributed by atoms with Gasteiger partial charge in [0.1, 0.15) is 11.6 Å². The first-order valence-electron chi connectivity index (χ1n) is 9.35. The first-order valence-corrected chi connectivity index (χ1v) is 10.1. The van der Waals surface area contributed by atoms with Crippen molar-refractivity contribution in [2.45, 2.75) is 13.8 Å². The topological polar surface area (TPSA) is 76.3 Å². The second-order valence-corrected chi connectivity index (χ2v) is 7.71. The van der Waals surface area contributed by atoms with Crippen LogP contribution in [0.1, 0.15) is 17.0 Å². The predicted octanol–water partition coefficient (Wildman–Crippen LogP) is 5.68. The monoisotopic (exact) mass is 453 g/mol. The number of ether oxygens (including phenoxy) is 2. The molecule has 4 rings (SSSR count). The first-order chi connectivity index (χ1) is 14.9. The molecule has 1 amide bonds. The summed E-state index contributed by atoms with van der Waals surface area (Å²) < 4.78 is 12.9. The number of benzene rings is 2. The molecule has 0 saturated carbocycles. The standard InChI is InChI=1S/C23H17Cl2N3O3/c1-13-8-15(14(2)28(13)17-6-7-20-21(10-17)31-12-30-20)9-16(11-26)23(29)27-19-5-3-4-18(24)22(19)25/h3-10H,12H2,1-2H3,(H,27,29). The third-order valence-electron chi connectivity index (χ3n) is 4.95. The van der Waals surface area contributed by atoms with Gasteiger partial charge in [0, 0.05) is 23.1 Å². The molecule has 0 bridgehead atoms. The molecule has 0 atom stereocenters. The van der Waals surface area contributed by atoms with Crippen molar-refractivity contribution in [2.24, 2.45) is 0 Å². The maximum atomic E-state index is 12.7. The molecule has 8 heteroatoms. The minimum Gasteiger partial charge on any atom is -0.454 e. The molecule has 2 aromatic carbocycles. The number of rotatable bonds is 4. The van der Waals surface area contributed by atoms with Crippen LogP contribution < -0.4 is 14.8 Å². The summed E-state index contributed by atoms with van der Waals surface area (Å²) in [6.45, 7) is 4.07. The Bertz CT molecular complexity index is 1270. The maximum absolute atomic E-state index is 12.7. The van der Waals surface area contributed by atoms with Crippen LogP contribution in [0.15, 0.2) is 48.0 Å². The molecule has 3 aromatic rings. The van der Waals surface area contributed by atoms with Crippen LogP contribution in [0.3, 0.4) is 0 Å². The lowest BCUT2D eigenvalue weighted by atomic mass is 10.1. The average molecular weight is 454 g/mol. The zero-order valence-electron chi connectivity index (χ0n) is 16.7. The fourth-order valence-corrected chi connectivity index (χ4v) is 3.80. The molecular weight excluding hydrogens is 437 g/mol. The Kier molecular flexibility index (Phi) is 5.64. The summed E-state index contributed by atoms with van der Waals surface area (Å²) in [7, 11) is 0. The number of carbonyl (C=O) groups excluding carboxylic acids is 1. The first kappa shape index (κ1) is 20.9. The van der Waals surface area contributed by atoms with Gasteiger partial charge >= 0.3 is 0 Å². The SMILES string of the molecule is Cc1cc(C=C(C#N)C(=O)Nc2cccc(Cl)c2Cl)c(C)n1-c1ccc2c(c1)OCO2. The number of nitrogens with one attached hydrogen (secondary N) is 1. The Morgan fingerprint density at radius 3 is 2.71 bits per heavy atom. The third-order valence-corrected chi connectivity index (χ3v) is 5.77. The van der Waals surface area contributed by atoms with E-state index in [9.17, 15) is 10.1 Å². The minimum atomic E-state index is -0.570. The molecule has 0 fully saturated rings. The van der Waals surface area contributed by atoms with Crippen molar-refractivity contribution in [2.75, 3.05) is 12.1 Å². The number of anilines is 1. The van der Waals surface area contributed by atoms with E-state index in [4.69, 9.17) is 32.7 Å². The van der Waals surface area contributed by atoms with Gasteiger partial charge in [-0.2, -0.15) is 5.26 Å². The van der Waals surface area contributed by atoms with E-state index in [1.165, 1.54) is 0 Å². The highest BCUT2D eigenvalue weighted by Crippen LogP contribution is 2.35. The van der Waals surface area contributed by atoms with Crippen molar-refractivity contribution in [1.29, 1.82) is 5.26 Å². The van der Waals surface area contributed by atoms with Crippen molar-refractivity contribution >= 4 is 40.9 Å². The van der Waals surface area contributed by atoms with Crippen LogP contribution in [0, 0.1) is 25.2 Å². The van der Waals surface area contributed by atoms with E-state index >= 15 is 0 Å². The van der Waals surface area contributed by atoms with Gasteiger partial charge in [0.15, 0.2) is 11.5 Å². The van der Waals surface area contributed by atoms with Crippen molar-refractivity contribution in [1.82, 2.24) is 4.57 Å². The van der Waals surface area contributed by atoms with Crippen molar-refractivity contribution in [3.05, 3.63) is 75.0 Å². The summed E-state index contributed by atoms with van der Waals surface area (Å²) in [5.74, 6) is 0.812. The lowest BCUT2D eigenvalue weighted by Gasteiger charge is -2.10. The Labute approximate surface area is 189 Å². The van der Waals surface area contributed by atoms with Crippen LogP contribution in [0.5, 0.6) is 11.5 Å². The van der Waals surface area contributed by atoms with Gasteiger partial charge in [0.25, 0.3) is 5.91 Å². The van der Waals surface area contributed by atoms with Gasteiger partial charge in [-0.3, -0.25) is 4.79 Å². The van der Waals surface area contributed by atoms with E-state index in [1.807, 2.05) is 48.7 Å². The molecular formula is C23H17Cl2N3O3. The number of amides is 1. The van der Waals surface area contributed by atoms with Gasteiger partial charge < -0.3 is 19.4 Å². The van der Waals surface area contributed by atoms with Crippen molar-refractivity contribution in [3.63, 3.8) is 0 Å². The highest BCUT2D eigenvalue weighted by Gasteiger charge is 2.18. The van der Waals surface area contributed by atoms with E-state index in [2.05, 4.69) is 5.32 Å². The highest BCUT2D eigenvalue weighted by atomic mass is 35.5. The third kappa shape index (κ3) is 3.98. The Balaban J connectivity index is 1.66. The molecule has 31 heavy (non-hydrogen) atoms. The van der Waals surface area contributed by atoms with E-state index in [1.54, 1.807) is 24.3 Å². The fraction of sp³-hybridized carbons (Fsp3) is 0.130. The summed E-state index contributed by atoms with van der Waals surface area (Å²) in [4.78, 5) is 12.7. The van der Waals surface area contributed by atoms with Crippen molar-refractivity contribution < 1.29 is 14.3 Å². The number of nitriles is 1. The number of hydrogen-bond acceptors (Lipinski definition) is 4. The smallest absolute Gasteiger partial charge is 0.266 e. The predicted molar refractivity (Wildman–Crippen MR) is 120 cm³/mol. The number of hydrogen-bond donors (Lipinski definition) is 1. The molecule has 1 aliphatic heterocycles. The van der Waals surface area contributed by atoms with Gasteiger partial charge in [-0.05, 0) is 55.8 Å². The molecule has 0 radical (unpaired) electrons. The second-order valence-electron chi connectivity index (χ2n) is 6.92. The molecule has 156 valence electrons. The van der Waals surface area contributed by atoms with Crippen LogP contribution in [0.25, 0.3) is 11.8 Å². The molecule has 1 aromatic heterocycles. The number of nitrogens with zero attached hydrogens (tertiary/aromatic N) is 2. The molecule has 2 heterocycles. The minimum absolute atomic E-state index is 0.0537. The normalized spacial score (nSPS) is 12.5. The molecule has 1 N–H and O–H groups in total. The highest BCUT2D eigenvalue weighted by molar-refractivity contribution is 6.44. The van der Waals surface area contributed by atoms with Crippen LogP contribution in [-0.2, 0) is 4.79 Å². The Morgan fingerprint density at radius 2 is 1.94 bits per heavy atom. The van der Waals surface area contributed by atoms with Crippen LogP contribution in [0.4, 0.5) is 5.69 Å². The maximum Gasteiger partial charge on any atom is 0.266 e. The summed E-state index contributed by atoms with van der Waals surface area (Å²) in [5, 5.41) is 12.7. The summed E-state index contributed by atoms with van der Waals surface area (Å²) in [6, 6.07) is 14.5. The summed E-state index contributed by atoms with van der Waals surface area (Å²) >= 11 is 12.1. The quantitative estimate of drug-likeness (QED) is 0.407. The molecule has 0 spiro atoms. The number of carbonyl (C=O) groups is 1. The van der Waals surface area contributed by atoms with Crippen LogP contribution in [-0.4, -0.2) is 17.3 Å². The lowest BCUT2D eigenvalue weighted by Crippen LogP contribution is -2.13. The summed E-state index contributed by atoms with van der Waals surface area (Å²) in [5.41, 5.74) is 3.75. The molecule has 1 aliphatic rings. The zero-order chi connectivity index (χ0) is 22.1. The van der Waals surface area contributed by atoms with E-state index in [0.717, 1.165) is 22.6 Å². The molecule has 0 unspecified atom stereocenters. The van der Waals surface area contributed by atoms with Crippen LogP contribution in [0.2, 0.25) is 10.0 Å². The van der Waals surface area contributed by atoms with E-state index in [0.29, 0.717) is 22.2 Å². The van der Waals surface area contributed by atoms with Gasteiger partial charge in [-0.25, -0.2) is 0 Å². The number of halogens is 2. The van der Waals surface area contributed by atoms with Gasteiger partial charge in [0.2, 0.25) is 6.79 Å². The lowest BCUT2D eigenvalue weighted by molar-refractivity contribution is -0.112. The van der Waals surface area contributed by atoms with Crippen molar-refractivity contribution in [3.8, 4) is 23.3 Å². The zero-order valence-corrected chi connectivity index (χ0v) is 18.2. The fourth-order valence-electron chi connectivity index (χ4n) is 3.45. The van der Waals surface area contributed by atoms with E-state index < -0.39 is 5.91 Å². The van der Waals surface area contributed by atoms with Gasteiger partial charge in [-0.1, -0.05) is 29.3 Å². The summed E-state index contributed by atoms with van der Waals surface area (Å²) in [6.07, 6.45) is 1.56. The Morgan fingerprint density at radius 1 is 1.16 bits per heavy atom. The molecule has 6 nitrogen and oxygen atoms in total. The van der Waals surface area contributed by atoms with Gasteiger partial charge in [0.05, 0.1) is 15.7 Å². The number of aryl methyl sites for hydroxylation is 1. The number of aromatic nitrogens is 1. The average Bonchev–Trinajstić information content (AvgIpc) is 3.32. The van der Waals surface area contributed by atoms with Crippen LogP contribution >= 0.6 is 23.2 Å². The van der Waals surface area contributed by atoms with Gasteiger partial charge in [-0.15, -0.1) is 0 Å².